The number of hydrogen-bond acceptors (Lipinski definition) is 8. The fraction of sp³-hybridized carbons (Fsp3) is 0.154. The summed E-state index contributed by atoms with van der Waals surface area (Å²) >= 11 is 2.62. The standard InChI is InChI=1S/C9H5F4N3OS.C4H5N3S.ClH/c1-17-8-5(9(11,12)13)6(10)15-7(16-8)4-2-18-3-14-4;5-4(6)3-1-8-2-7-3;/h2-3H,1H3;1-2H,(H3,5,6);1H. The van der Waals surface area contributed by atoms with Gasteiger partial charge in [-0.2, -0.15) is 27.5 Å². The van der Waals surface area contributed by atoms with Gasteiger partial charge in [0.15, 0.2) is 11.4 Å². The Kier molecular flexibility index (Phi) is 7.99. The Bertz CT molecular complexity index is 874. The molecule has 0 saturated heterocycles. The number of methoxy groups -OCH3 is 1. The second-order valence-electron chi connectivity index (χ2n) is 4.38. The van der Waals surface area contributed by atoms with Gasteiger partial charge in [-0.05, 0) is 0 Å². The van der Waals surface area contributed by atoms with Crippen LogP contribution in [0.3, 0.4) is 0 Å². The second-order valence-corrected chi connectivity index (χ2v) is 5.82. The van der Waals surface area contributed by atoms with E-state index < -0.39 is 23.6 Å². The zero-order valence-electron chi connectivity index (χ0n) is 13.3. The van der Waals surface area contributed by atoms with E-state index >= 15 is 0 Å². The number of hydrogen-bond donors (Lipinski definition) is 2. The second kappa shape index (κ2) is 9.53. The van der Waals surface area contributed by atoms with Crippen molar-refractivity contribution in [2.24, 2.45) is 5.73 Å². The van der Waals surface area contributed by atoms with Crippen LogP contribution in [0.1, 0.15) is 11.3 Å². The van der Waals surface area contributed by atoms with Crippen molar-refractivity contribution in [2.45, 2.75) is 6.18 Å². The monoisotopic (exact) mass is 442 g/mol. The van der Waals surface area contributed by atoms with Crippen LogP contribution in [0.25, 0.3) is 11.5 Å². The molecular weight excluding hydrogens is 432 g/mol. The molecule has 7 nitrogen and oxygen atoms in total. The van der Waals surface area contributed by atoms with Crippen LogP contribution in [0.4, 0.5) is 17.6 Å². The number of aromatic nitrogens is 4. The maximum atomic E-state index is 13.4. The fourth-order valence-corrected chi connectivity index (χ4v) is 2.67. The highest BCUT2D eigenvalue weighted by molar-refractivity contribution is 7.08. The van der Waals surface area contributed by atoms with Crippen LogP contribution < -0.4 is 10.5 Å². The van der Waals surface area contributed by atoms with Crippen LogP contribution >= 0.6 is 35.1 Å². The van der Waals surface area contributed by atoms with Gasteiger partial charge in [0.05, 0.1) is 18.1 Å². The summed E-state index contributed by atoms with van der Waals surface area (Å²) in [5, 5.41) is 10.1. The minimum atomic E-state index is -4.92. The molecule has 3 N–H and O–H groups in total. The summed E-state index contributed by atoms with van der Waals surface area (Å²) in [5.74, 6) is -2.76. The molecule has 0 amide bonds. The Morgan fingerprint density at radius 2 is 1.78 bits per heavy atom. The van der Waals surface area contributed by atoms with Gasteiger partial charge < -0.3 is 10.5 Å². The van der Waals surface area contributed by atoms with Crippen molar-refractivity contribution in [3.05, 3.63) is 39.0 Å². The number of nitrogens with two attached hydrogens (primary N) is 1. The lowest BCUT2D eigenvalue weighted by Gasteiger charge is -2.11. The first kappa shape index (κ1) is 22.7. The Balaban J connectivity index is 0.000000342. The van der Waals surface area contributed by atoms with Crippen molar-refractivity contribution >= 4 is 40.9 Å². The third kappa shape index (κ3) is 5.80. The molecule has 0 radical (unpaired) electrons. The minimum absolute atomic E-state index is 0. The lowest BCUT2D eigenvalue weighted by molar-refractivity contribution is -0.142. The van der Waals surface area contributed by atoms with E-state index in [-0.39, 0.29) is 29.8 Å². The zero-order valence-corrected chi connectivity index (χ0v) is 15.8. The fourth-order valence-electron chi connectivity index (χ4n) is 1.58. The Morgan fingerprint density at radius 3 is 2.19 bits per heavy atom. The van der Waals surface area contributed by atoms with E-state index in [0.717, 1.165) is 7.11 Å². The number of halogens is 5. The van der Waals surface area contributed by atoms with Crippen molar-refractivity contribution in [1.82, 2.24) is 19.9 Å². The average Bonchev–Trinajstić information content (AvgIpc) is 3.26. The van der Waals surface area contributed by atoms with Gasteiger partial charge in [0.1, 0.15) is 17.2 Å². The summed E-state index contributed by atoms with van der Waals surface area (Å²) in [6.45, 7) is 0. The molecule has 0 unspecified atom stereocenters. The van der Waals surface area contributed by atoms with E-state index in [2.05, 4.69) is 24.7 Å². The van der Waals surface area contributed by atoms with Crippen LogP contribution in [0.5, 0.6) is 5.88 Å². The van der Waals surface area contributed by atoms with Gasteiger partial charge in [0.2, 0.25) is 11.8 Å². The largest absolute Gasteiger partial charge is 0.480 e. The number of alkyl halides is 3. The molecule has 3 heterocycles. The Morgan fingerprint density at radius 1 is 1.15 bits per heavy atom. The maximum Gasteiger partial charge on any atom is 0.426 e. The first-order valence-electron chi connectivity index (χ1n) is 6.54. The number of nitrogens with one attached hydrogen (secondary N) is 1. The highest BCUT2D eigenvalue weighted by Crippen LogP contribution is 2.37. The first-order valence-corrected chi connectivity index (χ1v) is 8.42. The molecule has 0 aliphatic carbocycles. The van der Waals surface area contributed by atoms with Crippen LogP contribution in [-0.2, 0) is 6.18 Å². The van der Waals surface area contributed by atoms with Crippen LogP contribution in [0.15, 0.2) is 21.8 Å². The zero-order chi connectivity index (χ0) is 19.3. The third-order valence-corrected chi connectivity index (χ3v) is 3.85. The van der Waals surface area contributed by atoms with Crippen LogP contribution in [-0.4, -0.2) is 32.9 Å². The SMILES string of the molecule is COc1nc(-c2cscn2)nc(F)c1C(F)(F)F.Cl.N=C(N)c1cscn1. The van der Waals surface area contributed by atoms with Crippen LogP contribution in [0.2, 0.25) is 0 Å². The van der Waals surface area contributed by atoms with Gasteiger partial charge in [0.25, 0.3) is 0 Å². The quantitative estimate of drug-likeness (QED) is 0.277. The predicted octanol–water partition coefficient (Wildman–Crippen LogP) is 3.62. The molecule has 0 bridgehead atoms. The van der Waals surface area contributed by atoms with Gasteiger partial charge in [-0.3, -0.25) is 5.41 Å². The van der Waals surface area contributed by atoms with Gasteiger partial charge >= 0.3 is 6.18 Å². The molecule has 14 heteroatoms. The molecule has 27 heavy (non-hydrogen) atoms. The van der Waals surface area contributed by atoms with E-state index in [1.165, 1.54) is 33.6 Å². The number of ether oxygens (including phenoxy) is 1. The summed E-state index contributed by atoms with van der Waals surface area (Å²) in [6.07, 6.45) is -4.92. The van der Waals surface area contributed by atoms with E-state index in [1.807, 2.05) is 0 Å². The first-order chi connectivity index (χ1) is 12.2. The molecule has 0 spiro atoms. The number of thiazole rings is 2. The summed E-state index contributed by atoms with van der Waals surface area (Å²) in [5.41, 5.74) is 7.30. The Hall–Kier alpha value is -2.38. The van der Waals surface area contributed by atoms with Gasteiger partial charge in [-0.15, -0.1) is 35.1 Å². The van der Waals surface area contributed by atoms with Crippen LogP contribution in [0, 0.1) is 11.4 Å². The molecule has 0 aliphatic rings. The van der Waals surface area contributed by atoms with E-state index in [1.54, 1.807) is 10.9 Å². The molecule has 0 saturated carbocycles. The summed E-state index contributed by atoms with van der Waals surface area (Å²) in [6, 6.07) is 0. The normalized spacial score (nSPS) is 10.4. The average molecular weight is 443 g/mol. The van der Waals surface area contributed by atoms with Crippen molar-refractivity contribution in [3.63, 3.8) is 0 Å². The van der Waals surface area contributed by atoms with Crippen molar-refractivity contribution in [2.75, 3.05) is 7.11 Å². The highest BCUT2D eigenvalue weighted by Gasteiger charge is 2.40. The number of amidine groups is 1. The number of nitrogens with zero attached hydrogens (tertiary/aromatic N) is 4. The highest BCUT2D eigenvalue weighted by atomic mass is 35.5. The molecule has 3 aromatic rings. The van der Waals surface area contributed by atoms with E-state index in [9.17, 15) is 17.6 Å². The molecule has 0 aliphatic heterocycles. The summed E-state index contributed by atoms with van der Waals surface area (Å²) in [4.78, 5) is 14.2. The van der Waals surface area contributed by atoms with Crippen molar-refractivity contribution in [1.29, 1.82) is 5.41 Å². The molecular formula is C13H11ClF4N6OS2. The molecule has 3 rings (SSSR count). The van der Waals surface area contributed by atoms with Crippen molar-refractivity contribution in [3.8, 4) is 17.4 Å². The topological polar surface area (TPSA) is 111 Å². The molecule has 0 aromatic carbocycles. The maximum absolute atomic E-state index is 13.4. The number of nitrogen functional groups attached to an aromatic ring is 1. The molecule has 146 valence electrons. The molecule has 3 aromatic heterocycles. The summed E-state index contributed by atoms with van der Waals surface area (Å²) < 4.78 is 55.5. The van der Waals surface area contributed by atoms with Gasteiger partial charge in [-0.1, -0.05) is 0 Å². The number of rotatable bonds is 3. The predicted molar refractivity (Wildman–Crippen MR) is 95.0 cm³/mol. The molecule has 0 fully saturated rings. The van der Waals surface area contributed by atoms with Gasteiger partial charge in [-0.25, -0.2) is 9.97 Å². The van der Waals surface area contributed by atoms with E-state index in [4.69, 9.17) is 11.1 Å². The van der Waals surface area contributed by atoms with Crippen molar-refractivity contribution < 1.29 is 22.3 Å². The van der Waals surface area contributed by atoms with E-state index in [0.29, 0.717) is 5.69 Å². The summed E-state index contributed by atoms with van der Waals surface area (Å²) in [7, 11) is 0.974. The minimum Gasteiger partial charge on any atom is -0.480 e. The molecule has 0 atom stereocenters. The Labute approximate surface area is 164 Å². The lowest BCUT2D eigenvalue weighted by Crippen LogP contribution is -2.14. The smallest absolute Gasteiger partial charge is 0.426 e. The third-order valence-electron chi connectivity index (χ3n) is 2.68. The van der Waals surface area contributed by atoms with Gasteiger partial charge in [0, 0.05) is 10.8 Å². The lowest BCUT2D eigenvalue weighted by atomic mass is 10.3.